The fourth-order valence-corrected chi connectivity index (χ4v) is 3.27. The summed E-state index contributed by atoms with van der Waals surface area (Å²) >= 11 is 0. The maximum absolute atomic E-state index is 12.0. The van der Waals surface area contributed by atoms with Crippen LogP contribution in [0.4, 0.5) is 17.3 Å². The number of carbonyl (C=O) groups is 1. The standard InChI is InChI=1S/C19H23N5O/c25-19(15-4-3-5-15)22-16-7-8-18(21-14-16)24-12-10-23(11-13-24)17-6-1-2-9-20-17/h1-2,6-9,14-15H,3-5,10-13H2,(H,22,25). The topological polar surface area (TPSA) is 61.4 Å². The second kappa shape index (κ2) is 7.09. The Morgan fingerprint density at radius 2 is 1.68 bits per heavy atom. The van der Waals surface area contributed by atoms with Gasteiger partial charge in [0, 0.05) is 38.3 Å². The van der Waals surface area contributed by atoms with Gasteiger partial charge in [0.05, 0.1) is 11.9 Å². The van der Waals surface area contributed by atoms with Crippen molar-refractivity contribution in [2.24, 2.45) is 5.92 Å². The highest BCUT2D eigenvalue weighted by Gasteiger charge is 2.25. The van der Waals surface area contributed by atoms with E-state index in [4.69, 9.17) is 0 Å². The van der Waals surface area contributed by atoms with Crippen molar-refractivity contribution >= 4 is 23.2 Å². The number of anilines is 3. The van der Waals surface area contributed by atoms with Crippen molar-refractivity contribution in [3.63, 3.8) is 0 Å². The zero-order valence-electron chi connectivity index (χ0n) is 14.3. The van der Waals surface area contributed by atoms with E-state index < -0.39 is 0 Å². The first-order chi connectivity index (χ1) is 12.3. The van der Waals surface area contributed by atoms with Gasteiger partial charge in [-0.05, 0) is 37.1 Å². The summed E-state index contributed by atoms with van der Waals surface area (Å²) in [4.78, 5) is 25.5. The average Bonchev–Trinajstić information content (AvgIpc) is 2.62. The number of nitrogens with zero attached hydrogens (tertiary/aromatic N) is 4. The fraction of sp³-hybridized carbons (Fsp3) is 0.421. The zero-order chi connectivity index (χ0) is 17.1. The van der Waals surface area contributed by atoms with Crippen molar-refractivity contribution < 1.29 is 4.79 Å². The van der Waals surface area contributed by atoms with E-state index in [9.17, 15) is 4.79 Å². The van der Waals surface area contributed by atoms with E-state index in [2.05, 4.69) is 25.1 Å². The lowest BCUT2D eigenvalue weighted by Gasteiger charge is -2.36. The molecule has 25 heavy (non-hydrogen) atoms. The number of aromatic nitrogens is 2. The third-order valence-electron chi connectivity index (χ3n) is 5.07. The van der Waals surface area contributed by atoms with Gasteiger partial charge < -0.3 is 15.1 Å². The Morgan fingerprint density at radius 1 is 0.960 bits per heavy atom. The Hall–Kier alpha value is -2.63. The molecule has 1 amide bonds. The molecule has 0 radical (unpaired) electrons. The van der Waals surface area contributed by atoms with E-state index in [1.54, 1.807) is 6.20 Å². The lowest BCUT2D eigenvalue weighted by molar-refractivity contribution is -0.122. The molecule has 0 atom stereocenters. The first-order valence-corrected chi connectivity index (χ1v) is 8.97. The Morgan fingerprint density at radius 3 is 2.20 bits per heavy atom. The summed E-state index contributed by atoms with van der Waals surface area (Å²) < 4.78 is 0. The Balaban J connectivity index is 1.33. The predicted octanol–water partition coefficient (Wildman–Crippen LogP) is 2.54. The minimum Gasteiger partial charge on any atom is -0.353 e. The fourth-order valence-electron chi connectivity index (χ4n) is 3.27. The molecule has 0 spiro atoms. The van der Waals surface area contributed by atoms with Crippen LogP contribution in [-0.2, 0) is 4.79 Å². The molecular formula is C19H23N5O. The van der Waals surface area contributed by atoms with Gasteiger partial charge >= 0.3 is 0 Å². The molecule has 1 saturated carbocycles. The van der Waals surface area contributed by atoms with Gasteiger partial charge in [0.1, 0.15) is 11.6 Å². The number of nitrogens with one attached hydrogen (secondary N) is 1. The summed E-state index contributed by atoms with van der Waals surface area (Å²) in [6.45, 7) is 3.69. The molecule has 3 heterocycles. The molecule has 1 aliphatic carbocycles. The van der Waals surface area contributed by atoms with Gasteiger partial charge in [0.15, 0.2) is 0 Å². The number of pyridine rings is 2. The van der Waals surface area contributed by atoms with Gasteiger partial charge in [-0.15, -0.1) is 0 Å². The van der Waals surface area contributed by atoms with Crippen LogP contribution in [0.3, 0.4) is 0 Å². The van der Waals surface area contributed by atoms with Crippen molar-refractivity contribution in [2.75, 3.05) is 41.3 Å². The molecule has 6 nitrogen and oxygen atoms in total. The molecule has 0 bridgehead atoms. The molecule has 2 aromatic rings. The largest absolute Gasteiger partial charge is 0.353 e. The smallest absolute Gasteiger partial charge is 0.227 e. The van der Waals surface area contributed by atoms with Crippen LogP contribution in [-0.4, -0.2) is 42.1 Å². The van der Waals surface area contributed by atoms with Crippen molar-refractivity contribution in [3.8, 4) is 0 Å². The van der Waals surface area contributed by atoms with E-state index in [1.807, 2.05) is 36.5 Å². The highest BCUT2D eigenvalue weighted by Crippen LogP contribution is 2.27. The molecule has 0 unspecified atom stereocenters. The molecule has 4 rings (SSSR count). The van der Waals surface area contributed by atoms with Crippen LogP contribution in [0.25, 0.3) is 0 Å². The van der Waals surface area contributed by atoms with Gasteiger partial charge in [-0.3, -0.25) is 4.79 Å². The zero-order valence-corrected chi connectivity index (χ0v) is 14.3. The molecular weight excluding hydrogens is 314 g/mol. The van der Waals surface area contributed by atoms with Gasteiger partial charge in [-0.2, -0.15) is 0 Å². The predicted molar refractivity (Wildman–Crippen MR) is 98.9 cm³/mol. The lowest BCUT2D eigenvalue weighted by atomic mass is 9.85. The van der Waals surface area contributed by atoms with Crippen LogP contribution >= 0.6 is 0 Å². The summed E-state index contributed by atoms with van der Waals surface area (Å²) in [7, 11) is 0. The second-order valence-electron chi connectivity index (χ2n) is 6.68. The lowest BCUT2D eigenvalue weighted by Crippen LogP contribution is -2.47. The number of carbonyl (C=O) groups excluding carboxylic acids is 1. The number of amides is 1. The second-order valence-corrected chi connectivity index (χ2v) is 6.68. The normalized spacial score (nSPS) is 17.9. The van der Waals surface area contributed by atoms with E-state index in [1.165, 1.54) is 6.42 Å². The first-order valence-electron chi connectivity index (χ1n) is 8.97. The van der Waals surface area contributed by atoms with Crippen LogP contribution in [0, 0.1) is 5.92 Å². The first kappa shape index (κ1) is 15.9. The molecule has 2 fully saturated rings. The highest BCUT2D eigenvalue weighted by molar-refractivity contribution is 5.92. The molecule has 6 heteroatoms. The summed E-state index contributed by atoms with van der Waals surface area (Å²) in [5.41, 5.74) is 0.785. The molecule has 130 valence electrons. The minimum absolute atomic E-state index is 0.129. The number of piperazine rings is 1. The van der Waals surface area contributed by atoms with Crippen molar-refractivity contribution in [1.82, 2.24) is 9.97 Å². The van der Waals surface area contributed by atoms with Crippen LogP contribution in [0.2, 0.25) is 0 Å². The van der Waals surface area contributed by atoms with Gasteiger partial charge in [-0.25, -0.2) is 9.97 Å². The van der Waals surface area contributed by atoms with Crippen molar-refractivity contribution in [1.29, 1.82) is 0 Å². The van der Waals surface area contributed by atoms with Crippen LogP contribution in [0.5, 0.6) is 0 Å². The van der Waals surface area contributed by atoms with Gasteiger partial charge in [0.25, 0.3) is 0 Å². The minimum atomic E-state index is 0.129. The SMILES string of the molecule is O=C(Nc1ccc(N2CCN(c3ccccn3)CC2)nc1)C1CCC1. The van der Waals surface area contributed by atoms with E-state index >= 15 is 0 Å². The van der Waals surface area contributed by atoms with E-state index in [-0.39, 0.29) is 11.8 Å². The molecule has 1 N–H and O–H groups in total. The Kier molecular flexibility index (Phi) is 4.50. The number of hydrogen-bond acceptors (Lipinski definition) is 5. The van der Waals surface area contributed by atoms with Crippen molar-refractivity contribution in [3.05, 3.63) is 42.7 Å². The van der Waals surface area contributed by atoms with Gasteiger partial charge in [0.2, 0.25) is 5.91 Å². The van der Waals surface area contributed by atoms with Crippen LogP contribution < -0.4 is 15.1 Å². The summed E-state index contributed by atoms with van der Waals surface area (Å²) in [5, 5.41) is 2.97. The van der Waals surface area contributed by atoms with E-state index in [0.717, 1.165) is 56.3 Å². The Bertz CT molecular complexity index is 706. The third-order valence-corrected chi connectivity index (χ3v) is 5.07. The monoisotopic (exact) mass is 337 g/mol. The third kappa shape index (κ3) is 3.57. The number of hydrogen-bond donors (Lipinski definition) is 1. The molecule has 1 aliphatic heterocycles. The maximum atomic E-state index is 12.0. The summed E-state index contributed by atoms with van der Waals surface area (Å²) in [6.07, 6.45) is 6.78. The van der Waals surface area contributed by atoms with Crippen LogP contribution in [0.15, 0.2) is 42.7 Å². The average molecular weight is 337 g/mol. The molecule has 1 saturated heterocycles. The maximum Gasteiger partial charge on any atom is 0.227 e. The van der Waals surface area contributed by atoms with Gasteiger partial charge in [-0.1, -0.05) is 12.5 Å². The summed E-state index contributed by atoms with van der Waals surface area (Å²) in [5.74, 6) is 2.32. The van der Waals surface area contributed by atoms with Crippen LogP contribution in [0.1, 0.15) is 19.3 Å². The number of rotatable bonds is 4. The highest BCUT2D eigenvalue weighted by atomic mass is 16.1. The quantitative estimate of drug-likeness (QED) is 0.929. The van der Waals surface area contributed by atoms with Crippen molar-refractivity contribution in [2.45, 2.75) is 19.3 Å². The molecule has 0 aromatic carbocycles. The molecule has 2 aromatic heterocycles. The van der Waals surface area contributed by atoms with E-state index in [0.29, 0.717) is 0 Å². The summed E-state index contributed by atoms with van der Waals surface area (Å²) in [6, 6.07) is 9.95. The Labute approximate surface area is 147 Å². The molecule has 2 aliphatic rings.